The molecule has 0 fully saturated rings. The molecule has 0 bridgehead atoms. The highest BCUT2D eigenvalue weighted by molar-refractivity contribution is 5.12. The van der Waals surface area contributed by atoms with Crippen molar-refractivity contribution in [3.63, 3.8) is 0 Å². The monoisotopic (exact) mass is 163 g/mol. The van der Waals surface area contributed by atoms with Crippen molar-refractivity contribution >= 4 is 5.95 Å². The fourth-order valence-electron chi connectivity index (χ4n) is 0.291. The summed E-state index contributed by atoms with van der Waals surface area (Å²) in [7, 11) is 0. The van der Waals surface area contributed by atoms with E-state index in [-0.39, 0.29) is 5.95 Å². The number of anilines is 1. The zero-order valence-electron chi connectivity index (χ0n) is 5.39. The molecular weight excluding hydrogens is 156 g/mol. The molecule has 0 aromatic carbocycles. The SMILES string of the molecule is N[NH3+].O=[N+]([O-])Nc1nn[nH]n1. The number of tetrazole rings is 1. The Kier molecular flexibility index (Phi) is 4.19. The molecule has 0 atom stereocenters. The van der Waals surface area contributed by atoms with Gasteiger partial charge in [0.2, 0.25) is 0 Å². The van der Waals surface area contributed by atoms with Crippen LogP contribution in [0.15, 0.2) is 0 Å². The Balaban J connectivity index is 0.000000461. The van der Waals surface area contributed by atoms with Gasteiger partial charge in [0.05, 0.1) is 0 Å². The number of nitrogens with two attached hydrogens (primary N) is 1. The average Bonchev–Trinajstić information content (AvgIpc) is 2.43. The van der Waals surface area contributed by atoms with Crippen LogP contribution in [0.1, 0.15) is 0 Å². The molecule has 0 unspecified atom stereocenters. The summed E-state index contributed by atoms with van der Waals surface area (Å²) in [6.07, 6.45) is 0. The van der Waals surface area contributed by atoms with Crippen LogP contribution >= 0.6 is 0 Å². The lowest BCUT2D eigenvalue weighted by Crippen LogP contribution is -2.59. The van der Waals surface area contributed by atoms with Gasteiger partial charge in [-0.05, 0) is 5.21 Å². The Morgan fingerprint density at radius 1 is 1.73 bits per heavy atom. The molecule has 1 heterocycles. The van der Waals surface area contributed by atoms with Crippen LogP contribution in [0.3, 0.4) is 0 Å². The van der Waals surface area contributed by atoms with Crippen molar-refractivity contribution < 1.29 is 10.9 Å². The average molecular weight is 163 g/mol. The maximum absolute atomic E-state index is 9.64. The normalized spacial score (nSPS) is 7.82. The molecule has 11 heavy (non-hydrogen) atoms. The third-order valence-electron chi connectivity index (χ3n) is 0.537. The van der Waals surface area contributed by atoms with Crippen molar-refractivity contribution in [1.82, 2.24) is 20.6 Å². The van der Waals surface area contributed by atoms with Gasteiger partial charge in [-0.15, -0.1) is 5.10 Å². The highest BCUT2D eigenvalue weighted by atomic mass is 16.7. The van der Waals surface area contributed by atoms with Crippen molar-refractivity contribution in [2.45, 2.75) is 0 Å². The Labute approximate surface area is 60.0 Å². The van der Waals surface area contributed by atoms with Gasteiger partial charge in [-0.2, -0.15) is 11.1 Å². The van der Waals surface area contributed by atoms with Crippen molar-refractivity contribution in [3.8, 4) is 0 Å². The number of rotatable bonds is 2. The Morgan fingerprint density at radius 3 is 2.73 bits per heavy atom. The minimum Gasteiger partial charge on any atom is -0.283 e. The summed E-state index contributed by atoms with van der Waals surface area (Å²) in [5.41, 5.74) is 1.69. The molecule has 0 aliphatic heterocycles. The van der Waals surface area contributed by atoms with Gasteiger partial charge < -0.3 is 0 Å². The highest BCUT2D eigenvalue weighted by Gasteiger charge is 2.00. The summed E-state index contributed by atoms with van der Waals surface area (Å²) in [5.74, 6) is 6.85. The second-order valence-corrected chi connectivity index (χ2v) is 1.10. The number of nitro groups is 1. The lowest BCUT2D eigenvalue weighted by Gasteiger charge is -1.83. The van der Waals surface area contributed by atoms with Gasteiger partial charge in [-0.25, -0.2) is 10.1 Å². The van der Waals surface area contributed by atoms with E-state index >= 15 is 0 Å². The number of hydrogen-bond acceptors (Lipinski definition) is 6. The molecule has 0 aliphatic rings. The van der Waals surface area contributed by atoms with Gasteiger partial charge in [-0.3, -0.25) is 5.84 Å². The molecule has 0 amide bonds. The van der Waals surface area contributed by atoms with Gasteiger partial charge in [0, 0.05) is 0 Å². The number of aromatic amines is 1. The molecule has 0 spiro atoms. The molecule has 1 aromatic heterocycles. The van der Waals surface area contributed by atoms with Crippen LogP contribution in [-0.4, -0.2) is 25.7 Å². The summed E-state index contributed by atoms with van der Waals surface area (Å²) in [5, 5.41) is 20.5. The van der Waals surface area contributed by atoms with Crippen LogP contribution in [0.2, 0.25) is 0 Å². The minimum atomic E-state index is -0.773. The summed E-state index contributed by atoms with van der Waals surface area (Å²) >= 11 is 0. The first-order valence-corrected chi connectivity index (χ1v) is 2.34. The Hall–Kier alpha value is -1.81. The predicted octanol–water partition coefficient (Wildman–Crippen LogP) is -3.09. The molecule has 10 nitrogen and oxygen atoms in total. The lowest BCUT2D eigenvalue weighted by molar-refractivity contribution is -0.446. The number of hydrogen-bond donors (Lipinski definition) is 4. The first-order valence-electron chi connectivity index (χ1n) is 2.34. The van der Waals surface area contributed by atoms with Crippen molar-refractivity contribution in [3.05, 3.63) is 10.1 Å². The Morgan fingerprint density at radius 2 is 2.36 bits per heavy atom. The van der Waals surface area contributed by atoms with E-state index in [2.05, 4.69) is 32.3 Å². The molecule has 7 N–H and O–H groups in total. The Bertz CT molecular complexity index is 192. The minimum absolute atomic E-state index is 0.153. The molecule has 0 radical (unpaired) electrons. The lowest BCUT2D eigenvalue weighted by atomic mass is 11.1. The molecule has 10 heteroatoms. The number of aromatic nitrogens is 4. The number of nitrogens with one attached hydrogen (secondary N) is 2. The fourth-order valence-corrected chi connectivity index (χ4v) is 0.291. The number of quaternary nitrogens is 1. The third kappa shape index (κ3) is 3.72. The second-order valence-electron chi connectivity index (χ2n) is 1.10. The van der Waals surface area contributed by atoms with E-state index in [1.807, 2.05) is 0 Å². The van der Waals surface area contributed by atoms with Crippen LogP contribution < -0.4 is 17.1 Å². The first kappa shape index (κ1) is 9.19. The zero-order valence-corrected chi connectivity index (χ0v) is 5.39. The molecule has 0 saturated heterocycles. The molecule has 0 saturated carbocycles. The summed E-state index contributed by atoms with van der Waals surface area (Å²) in [4.78, 5) is 9.64. The molecule has 62 valence electrons. The topological polar surface area (TPSA) is 163 Å². The number of H-pyrrole nitrogens is 1. The van der Waals surface area contributed by atoms with E-state index in [0.717, 1.165) is 0 Å². The van der Waals surface area contributed by atoms with Gasteiger partial charge in [0.1, 0.15) is 0 Å². The quantitative estimate of drug-likeness (QED) is 0.204. The van der Waals surface area contributed by atoms with Crippen molar-refractivity contribution in [2.24, 2.45) is 5.84 Å². The summed E-state index contributed by atoms with van der Waals surface area (Å²) in [6.45, 7) is 0. The zero-order chi connectivity index (χ0) is 8.69. The van der Waals surface area contributed by atoms with Gasteiger partial charge in [0.15, 0.2) is 5.03 Å². The van der Waals surface area contributed by atoms with Crippen molar-refractivity contribution in [2.75, 3.05) is 5.43 Å². The van der Waals surface area contributed by atoms with E-state index in [0.29, 0.717) is 0 Å². The van der Waals surface area contributed by atoms with E-state index in [1.165, 1.54) is 0 Å². The van der Waals surface area contributed by atoms with E-state index in [1.54, 1.807) is 5.43 Å². The van der Waals surface area contributed by atoms with Crippen LogP contribution in [0.4, 0.5) is 5.95 Å². The largest absolute Gasteiger partial charge is 0.323 e. The van der Waals surface area contributed by atoms with E-state index in [4.69, 9.17) is 0 Å². The maximum atomic E-state index is 9.64. The molecular formula is CH7N8O2+. The van der Waals surface area contributed by atoms with Crippen LogP contribution in [-0.2, 0) is 0 Å². The van der Waals surface area contributed by atoms with Gasteiger partial charge >= 0.3 is 5.95 Å². The fraction of sp³-hybridized carbons (Fsp3) is 0. The van der Waals surface area contributed by atoms with Crippen LogP contribution in [0.25, 0.3) is 0 Å². The van der Waals surface area contributed by atoms with Crippen molar-refractivity contribution in [1.29, 1.82) is 0 Å². The predicted molar refractivity (Wildman–Crippen MR) is 31.9 cm³/mol. The molecule has 1 aromatic rings. The smallest absolute Gasteiger partial charge is 0.283 e. The van der Waals surface area contributed by atoms with E-state index < -0.39 is 5.03 Å². The number of nitrogens with zero attached hydrogens (tertiary/aromatic N) is 4. The van der Waals surface area contributed by atoms with Crippen LogP contribution in [0, 0.1) is 10.1 Å². The summed E-state index contributed by atoms with van der Waals surface area (Å²) < 4.78 is 0. The van der Waals surface area contributed by atoms with Crippen LogP contribution in [0.5, 0.6) is 0 Å². The second kappa shape index (κ2) is 5.01. The van der Waals surface area contributed by atoms with Gasteiger partial charge in [0.25, 0.3) is 0 Å². The van der Waals surface area contributed by atoms with E-state index in [9.17, 15) is 10.1 Å². The standard InChI is InChI=1S/CH2N6O2.H4N2/c8-7(9)4-1-2-5-6-3-1;1-2/h(H2,2,3,4,5,6);1-2H2/p+1. The first-order chi connectivity index (χ1) is 5.29. The molecule has 1 rings (SSSR count). The van der Waals surface area contributed by atoms with Gasteiger partial charge in [-0.1, -0.05) is 10.5 Å². The molecule has 0 aliphatic carbocycles. The number of hydrazine groups is 1. The summed E-state index contributed by atoms with van der Waals surface area (Å²) in [6, 6.07) is 0. The highest BCUT2D eigenvalue weighted by Crippen LogP contribution is 1.86. The maximum Gasteiger partial charge on any atom is 0.323 e. The third-order valence-corrected chi connectivity index (χ3v) is 0.537.